The summed E-state index contributed by atoms with van der Waals surface area (Å²) in [5.41, 5.74) is 0. The van der Waals surface area contributed by atoms with Crippen molar-refractivity contribution in [3.63, 3.8) is 0 Å². The van der Waals surface area contributed by atoms with Crippen LogP contribution in [0.15, 0.2) is 12.1 Å². The molecule has 1 N–H and O–H groups in total. The Labute approximate surface area is 111 Å². The lowest BCUT2D eigenvalue weighted by Crippen LogP contribution is -2.31. The summed E-state index contributed by atoms with van der Waals surface area (Å²) in [6.45, 7) is 0. The van der Waals surface area contributed by atoms with Gasteiger partial charge in [0.05, 0.1) is 13.0 Å². The zero-order valence-corrected chi connectivity index (χ0v) is 11.0. The van der Waals surface area contributed by atoms with Crippen LogP contribution < -0.4 is 5.32 Å². The van der Waals surface area contributed by atoms with Crippen molar-refractivity contribution in [1.29, 1.82) is 0 Å². The number of carbonyl (C=O) groups excluding carboxylic acids is 1. The number of nitrogens with zero attached hydrogens (tertiary/aromatic N) is 2. The van der Waals surface area contributed by atoms with Gasteiger partial charge in [0.25, 0.3) is 0 Å². The number of ether oxygens (including phenoxy) is 1. The largest absolute Gasteiger partial charge is 0.469 e. The topological polar surface area (TPSA) is 64.1 Å². The maximum absolute atomic E-state index is 11.5. The van der Waals surface area contributed by atoms with Crippen LogP contribution in [0.1, 0.15) is 25.7 Å². The highest BCUT2D eigenvalue weighted by Gasteiger charge is 2.27. The maximum atomic E-state index is 11.5. The van der Waals surface area contributed by atoms with Gasteiger partial charge in [-0.15, -0.1) is 10.2 Å². The van der Waals surface area contributed by atoms with Gasteiger partial charge in [-0.05, 0) is 31.4 Å². The van der Waals surface area contributed by atoms with E-state index in [0.717, 1.165) is 25.7 Å². The Bertz CT molecular complexity index is 410. The third kappa shape index (κ3) is 3.32. The lowest BCUT2D eigenvalue weighted by atomic mass is 9.86. The van der Waals surface area contributed by atoms with Crippen molar-refractivity contribution in [1.82, 2.24) is 10.2 Å². The summed E-state index contributed by atoms with van der Waals surface area (Å²) in [5, 5.41) is 11.4. The second-order valence-corrected chi connectivity index (χ2v) is 4.86. The van der Waals surface area contributed by atoms with Crippen molar-refractivity contribution < 1.29 is 9.53 Å². The van der Waals surface area contributed by atoms with E-state index in [1.54, 1.807) is 12.1 Å². The molecule has 1 aromatic heterocycles. The summed E-state index contributed by atoms with van der Waals surface area (Å²) in [6.07, 6.45) is 3.71. The molecule has 1 fully saturated rings. The molecule has 0 bridgehead atoms. The highest BCUT2D eigenvalue weighted by Crippen LogP contribution is 2.27. The molecule has 0 aliphatic heterocycles. The number of methoxy groups -OCH3 is 1. The van der Waals surface area contributed by atoms with Crippen LogP contribution in [0.2, 0.25) is 5.15 Å². The summed E-state index contributed by atoms with van der Waals surface area (Å²) in [4.78, 5) is 11.5. The molecule has 1 heterocycles. The zero-order chi connectivity index (χ0) is 13.0. The van der Waals surface area contributed by atoms with Gasteiger partial charge in [-0.1, -0.05) is 18.0 Å². The number of rotatable bonds is 3. The van der Waals surface area contributed by atoms with Gasteiger partial charge in [0.2, 0.25) is 0 Å². The first kappa shape index (κ1) is 13.1. The fourth-order valence-electron chi connectivity index (χ4n) is 2.30. The Balaban J connectivity index is 1.93. The standard InChI is InChI=1S/C12H16ClN3O2/c1-18-12(17)8-3-2-4-9(7-8)14-11-6-5-10(13)15-16-11/h5-6,8-9H,2-4,7H2,1H3,(H,14,16). The molecule has 1 aliphatic rings. The van der Waals surface area contributed by atoms with E-state index in [0.29, 0.717) is 11.0 Å². The monoisotopic (exact) mass is 269 g/mol. The molecule has 6 heteroatoms. The minimum absolute atomic E-state index is 0.0125. The van der Waals surface area contributed by atoms with Crippen molar-refractivity contribution in [2.24, 2.45) is 5.92 Å². The quantitative estimate of drug-likeness (QED) is 0.853. The van der Waals surface area contributed by atoms with Gasteiger partial charge in [0.15, 0.2) is 5.15 Å². The number of esters is 1. The summed E-state index contributed by atoms with van der Waals surface area (Å²) in [5.74, 6) is 0.556. The number of carbonyl (C=O) groups is 1. The molecule has 0 saturated heterocycles. The molecule has 2 unspecified atom stereocenters. The van der Waals surface area contributed by atoms with Gasteiger partial charge < -0.3 is 10.1 Å². The number of hydrogen-bond acceptors (Lipinski definition) is 5. The van der Waals surface area contributed by atoms with Crippen molar-refractivity contribution in [3.05, 3.63) is 17.3 Å². The van der Waals surface area contributed by atoms with Crippen LogP contribution in [-0.2, 0) is 9.53 Å². The number of hydrogen-bond donors (Lipinski definition) is 1. The third-order valence-electron chi connectivity index (χ3n) is 3.19. The number of aromatic nitrogens is 2. The molecule has 1 aromatic rings. The molecule has 5 nitrogen and oxygen atoms in total. The highest BCUT2D eigenvalue weighted by atomic mass is 35.5. The molecular formula is C12H16ClN3O2. The molecule has 0 aromatic carbocycles. The van der Waals surface area contributed by atoms with Gasteiger partial charge in [0.1, 0.15) is 5.82 Å². The Morgan fingerprint density at radius 3 is 2.94 bits per heavy atom. The van der Waals surface area contributed by atoms with E-state index < -0.39 is 0 Å². The summed E-state index contributed by atoms with van der Waals surface area (Å²) >= 11 is 5.68. The lowest BCUT2D eigenvalue weighted by Gasteiger charge is -2.28. The SMILES string of the molecule is COC(=O)C1CCCC(Nc2ccc(Cl)nn2)C1. The lowest BCUT2D eigenvalue weighted by molar-refractivity contribution is -0.146. The maximum Gasteiger partial charge on any atom is 0.308 e. The minimum atomic E-state index is -0.122. The molecule has 0 amide bonds. The molecule has 1 saturated carbocycles. The van der Waals surface area contributed by atoms with Gasteiger partial charge in [-0.3, -0.25) is 4.79 Å². The molecule has 2 rings (SSSR count). The average molecular weight is 270 g/mol. The Morgan fingerprint density at radius 1 is 1.44 bits per heavy atom. The van der Waals surface area contributed by atoms with Gasteiger partial charge in [-0.25, -0.2) is 0 Å². The van der Waals surface area contributed by atoms with E-state index in [2.05, 4.69) is 15.5 Å². The van der Waals surface area contributed by atoms with Crippen LogP contribution in [-0.4, -0.2) is 29.3 Å². The first-order chi connectivity index (χ1) is 8.69. The number of halogens is 1. The third-order valence-corrected chi connectivity index (χ3v) is 3.39. The fourth-order valence-corrected chi connectivity index (χ4v) is 2.40. The molecule has 18 heavy (non-hydrogen) atoms. The fraction of sp³-hybridized carbons (Fsp3) is 0.583. The summed E-state index contributed by atoms with van der Waals surface area (Å²) in [6, 6.07) is 3.72. The summed E-state index contributed by atoms with van der Waals surface area (Å²) < 4.78 is 4.79. The van der Waals surface area contributed by atoms with Crippen molar-refractivity contribution in [3.8, 4) is 0 Å². The van der Waals surface area contributed by atoms with E-state index >= 15 is 0 Å². The van der Waals surface area contributed by atoms with Crippen molar-refractivity contribution in [2.45, 2.75) is 31.7 Å². The van der Waals surface area contributed by atoms with E-state index in [9.17, 15) is 4.79 Å². The highest BCUT2D eigenvalue weighted by molar-refractivity contribution is 6.29. The van der Waals surface area contributed by atoms with E-state index in [1.807, 2.05) is 0 Å². The van der Waals surface area contributed by atoms with Gasteiger partial charge in [-0.2, -0.15) is 0 Å². The first-order valence-electron chi connectivity index (χ1n) is 6.02. The summed E-state index contributed by atoms with van der Waals surface area (Å²) in [7, 11) is 1.43. The molecular weight excluding hydrogens is 254 g/mol. The zero-order valence-electron chi connectivity index (χ0n) is 10.2. The van der Waals surface area contributed by atoms with Crippen molar-refractivity contribution >= 4 is 23.4 Å². The van der Waals surface area contributed by atoms with Crippen LogP contribution in [0.4, 0.5) is 5.82 Å². The molecule has 98 valence electrons. The molecule has 0 spiro atoms. The van der Waals surface area contributed by atoms with Gasteiger partial charge >= 0.3 is 5.97 Å². The molecule has 2 atom stereocenters. The molecule has 1 aliphatic carbocycles. The average Bonchev–Trinajstić information content (AvgIpc) is 2.41. The minimum Gasteiger partial charge on any atom is -0.469 e. The Kier molecular flexibility index (Phi) is 4.36. The number of nitrogens with one attached hydrogen (secondary N) is 1. The Hall–Kier alpha value is -1.36. The predicted molar refractivity (Wildman–Crippen MR) is 68.4 cm³/mol. The van der Waals surface area contributed by atoms with Gasteiger partial charge in [0, 0.05) is 6.04 Å². The molecule has 0 radical (unpaired) electrons. The van der Waals surface area contributed by atoms with Crippen LogP contribution >= 0.6 is 11.6 Å². The van der Waals surface area contributed by atoms with Crippen LogP contribution in [0, 0.1) is 5.92 Å². The smallest absolute Gasteiger partial charge is 0.308 e. The number of anilines is 1. The van der Waals surface area contributed by atoms with Crippen molar-refractivity contribution in [2.75, 3.05) is 12.4 Å². The van der Waals surface area contributed by atoms with Crippen LogP contribution in [0.25, 0.3) is 0 Å². The Morgan fingerprint density at radius 2 is 2.28 bits per heavy atom. The van der Waals surface area contributed by atoms with Crippen LogP contribution in [0.3, 0.4) is 0 Å². The second kappa shape index (κ2) is 6.00. The predicted octanol–water partition coefficient (Wildman–Crippen LogP) is 2.27. The normalized spacial score (nSPS) is 23.4. The first-order valence-corrected chi connectivity index (χ1v) is 6.40. The van der Waals surface area contributed by atoms with E-state index in [1.165, 1.54) is 7.11 Å². The van der Waals surface area contributed by atoms with E-state index in [4.69, 9.17) is 16.3 Å². The second-order valence-electron chi connectivity index (χ2n) is 4.47. The van der Waals surface area contributed by atoms with Crippen LogP contribution in [0.5, 0.6) is 0 Å². The van der Waals surface area contributed by atoms with E-state index in [-0.39, 0.29) is 17.9 Å².